The zero-order valence-corrected chi connectivity index (χ0v) is 14.2. The van der Waals surface area contributed by atoms with Crippen molar-refractivity contribution in [3.8, 4) is 5.69 Å². The van der Waals surface area contributed by atoms with Gasteiger partial charge in [0.05, 0.1) is 5.69 Å². The molecule has 0 bridgehead atoms. The Morgan fingerprint density at radius 1 is 1.28 bits per heavy atom. The third-order valence-corrected chi connectivity index (χ3v) is 4.39. The second-order valence-electron chi connectivity index (χ2n) is 6.44. The van der Waals surface area contributed by atoms with E-state index in [1.54, 1.807) is 30.7 Å². The van der Waals surface area contributed by atoms with E-state index in [2.05, 4.69) is 5.10 Å². The Morgan fingerprint density at radius 2 is 1.96 bits per heavy atom. The van der Waals surface area contributed by atoms with Crippen LogP contribution in [0.3, 0.4) is 0 Å². The second-order valence-corrected chi connectivity index (χ2v) is 6.44. The Labute approximate surface area is 144 Å². The number of hydrogen-bond acceptors (Lipinski definition) is 3. The van der Waals surface area contributed by atoms with Gasteiger partial charge in [-0.3, -0.25) is 9.59 Å². The molecule has 1 amide bonds. The molecule has 3 rings (SSSR count). The van der Waals surface area contributed by atoms with Crippen LogP contribution < -0.4 is 0 Å². The fraction of sp³-hybridized carbons (Fsp3) is 0.389. The molecule has 132 valence electrons. The highest BCUT2D eigenvalue weighted by molar-refractivity contribution is 5.96. The number of carbonyl (C=O) groups is 2. The molecule has 0 fully saturated rings. The molecule has 2 aromatic rings. The van der Waals surface area contributed by atoms with Crippen molar-refractivity contribution in [1.82, 2.24) is 14.7 Å². The third kappa shape index (κ3) is 3.26. The van der Waals surface area contributed by atoms with Gasteiger partial charge in [0.25, 0.3) is 5.91 Å². The number of nitrogens with zero attached hydrogens (tertiary/aromatic N) is 3. The third-order valence-electron chi connectivity index (χ3n) is 4.39. The Bertz CT molecular complexity index is 812. The van der Waals surface area contributed by atoms with Gasteiger partial charge in [0.1, 0.15) is 12.4 Å². The van der Waals surface area contributed by atoms with Gasteiger partial charge in [-0.05, 0) is 57.4 Å². The molecule has 1 heterocycles. The van der Waals surface area contributed by atoms with E-state index in [0.717, 1.165) is 30.5 Å². The molecule has 1 aliphatic rings. The van der Waals surface area contributed by atoms with Crippen molar-refractivity contribution in [3.05, 3.63) is 47.0 Å². The molecule has 7 heteroatoms. The van der Waals surface area contributed by atoms with E-state index in [0.29, 0.717) is 11.4 Å². The highest BCUT2D eigenvalue weighted by Gasteiger charge is 2.31. The molecular formula is C18H20FN3O3. The van der Waals surface area contributed by atoms with Crippen LogP contribution in [-0.2, 0) is 17.6 Å². The fourth-order valence-electron chi connectivity index (χ4n) is 3.18. The van der Waals surface area contributed by atoms with Gasteiger partial charge in [0, 0.05) is 17.3 Å². The van der Waals surface area contributed by atoms with Crippen molar-refractivity contribution < 1.29 is 19.1 Å². The van der Waals surface area contributed by atoms with E-state index in [4.69, 9.17) is 5.11 Å². The summed E-state index contributed by atoms with van der Waals surface area (Å²) in [4.78, 5) is 25.3. The number of carboxylic acids is 1. The summed E-state index contributed by atoms with van der Waals surface area (Å²) >= 11 is 0. The predicted molar refractivity (Wildman–Crippen MR) is 89.4 cm³/mol. The van der Waals surface area contributed by atoms with Crippen LogP contribution in [0.5, 0.6) is 0 Å². The van der Waals surface area contributed by atoms with Crippen LogP contribution in [0.2, 0.25) is 0 Å². The van der Waals surface area contributed by atoms with E-state index < -0.39 is 5.97 Å². The number of hydrogen-bond donors (Lipinski definition) is 1. The van der Waals surface area contributed by atoms with Gasteiger partial charge in [-0.1, -0.05) is 0 Å². The number of fused-ring (bicyclic) bond motifs is 1. The van der Waals surface area contributed by atoms with Gasteiger partial charge < -0.3 is 10.0 Å². The maximum absolute atomic E-state index is 13.2. The largest absolute Gasteiger partial charge is 0.480 e. The van der Waals surface area contributed by atoms with Gasteiger partial charge in [0.2, 0.25) is 0 Å². The molecule has 0 saturated carbocycles. The van der Waals surface area contributed by atoms with E-state index in [9.17, 15) is 14.0 Å². The molecule has 1 aliphatic carbocycles. The molecule has 0 saturated heterocycles. The lowest BCUT2D eigenvalue weighted by Gasteiger charge is -2.24. The molecule has 6 nitrogen and oxygen atoms in total. The number of benzene rings is 1. The number of aromatic nitrogens is 2. The summed E-state index contributed by atoms with van der Waals surface area (Å²) in [5.74, 6) is -1.77. The summed E-state index contributed by atoms with van der Waals surface area (Å²) in [6, 6.07) is 5.69. The van der Waals surface area contributed by atoms with E-state index in [-0.39, 0.29) is 24.3 Å². The minimum atomic E-state index is -1.06. The molecule has 1 aromatic heterocycles. The minimum Gasteiger partial charge on any atom is -0.480 e. The number of amides is 1. The van der Waals surface area contributed by atoms with E-state index in [1.807, 2.05) is 0 Å². The fourth-order valence-corrected chi connectivity index (χ4v) is 3.18. The topological polar surface area (TPSA) is 75.4 Å². The number of rotatable bonds is 5. The average Bonchev–Trinajstić information content (AvgIpc) is 3.15. The smallest absolute Gasteiger partial charge is 0.323 e. The highest BCUT2D eigenvalue weighted by Crippen LogP contribution is 2.29. The summed E-state index contributed by atoms with van der Waals surface area (Å²) in [5.41, 5.74) is 2.79. The first-order valence-electron chi connectivity index (χ1n) is 8.28. The first-order chi connectivity index (χ1) is 11.9. The molecule has 0 aliphatic heterocycles. The first kappa shape index (κ1) is 17.1. The molecule has 0 unspecified atom stereocenters. The first-order valence-corrected chi connectivity index (χ1v) is 8.28. The molecule has 25 heavy (non-hydrogen) atoms. The van der Waals surface area contributed by atoms with Gasteiger partial charge >= 0.3 is 5.97 Å². The summed E-state index contributed by atoms with van der Waals surface area (Å²) in [6.45, 7) is 3.19. The maximum Gasteiger partial charge on any atom is 0.323 e. The molecule has 1 aromatic carbocycles. The molecule has 0 atom stereocenters. The van der Waals surface area contributed by atoms with E-state index in [1.165, 1.54) is 17.0 Å². The Hall–Kier alpha value is -2.70. The quantitative estimate of drug-likeness (QED) is 0.903. The van der Waals surface area contributed by atoms with Crippen molar-refractivity contribution in [1.29, 1.82) is 0 Å². The lowest BCUT2D eigenvalue weighted by molar-refractivity contribution is -0.138. The highest BCUT2D eigenvalue weighted by atomic mass is 19.1. The zero-order chi connectivity index (χ0) is 18.1. The normalized spacial score (nSPS) is 13.1. The molecule has 0 spiro atoms. The van der Waals surface area contributed by atoms with Crippen LogP contribution in [0.1, 0.15) is 42.0 Å². The monoisotopic (exact) mass is 345 g/mol. The van der Waals surface area contributed by atoms with Crippen LogP contribution in [-0.4, -0.2) is 44.3 Å². The van der Waals surface area contributed by atoms with E-state index >= 15 is 0 Å². The SMILES string of the molecule is CC(C)N(CC(=O)O)C(=O)c1nn(-c2ccc(F)cc2)c2c1CCC2. The summed E-state index contributed by atoms with van der Waals surface area (Å²) in [5, 5.41) is 13.5. The van der Waals surface area contributed by atoms with Gasteiger partial charge in [0.15, 0.2) is 5.69 Å². The van der Waals surface area contributed by atoms with Crippen molar-refractivity contribution in [2.75, 3.05) is 6.54 Å². The van der Waals surface area contributed by atoms with Gasteiger partial charge in [-0.2, -0.15) is 5.10 Å². The van der Waals surface area contributed by atoms with Gasteiger partial charge in [-0.15, -0.1) is 0 Å². The second kappa shape index (κ2) is 6.66. The van der Waals surface area contributed by atoms with Crippen LogP contribution in [0.25, 0.3) is 5.69 Å². The lowest BCUT2D eigenvalue weighted by Crippen LogP contribution is -2.41. The van der Waals surface area contributed by atoms with Crippen molar-refractivity contribution >= 4 is 11.9 Å². The summed E-state index contributed by atoms with van der Waals surface area (Å²) in [6.07, 6.45) is 2.43. The summed E-state index contributed by atoms with van der Waals surface area (Å²) in [7, 11) is 0. The van der Waals surface area contributed by atoms with Crippen LogP contribution in [0.4, 0.5) is 4.39 Å². The van der Waals surface area contributed by atoms with Crippen LogP contribution in [0.15, 0.2) is 24.3 Å². The Morgan fingerprint density at radius 3 is 2.56 bits per heavy atom. The Balaban J connectivity index is 2.02. The van der Waals surface area contributed by atoms with Gasteiger partial charge in [-0.25, -0.2) is 9.07 Å². The molecule has 1 N–H and O–H groups in total. The Kier molecular flexibility index (Phi) is 4.57. The number of carbonyl (C=O) groups excluding carboxylic acids is 1. The van der Waals surface area contributed by atoms with Crippen LogP contribution in [0, 0.1) is 5.82 Å². The average molecular weight is 345 g/mol. The van der Waals surface area contributed by atoms with Crippen molar-refractivity contribution in [3.63, 3.8) is 0 Å². The number of carboxylic acid groups (broad SMARTS) is 1. The number of halogens is 1. The molecule has 0 radical (unpaired) electrons. The predicted octanol–water partition coefficient (Wildman–Crippen LogP) is 2.44. The molecular weight excluding hydrogens is 325 g/mol. The lowest BCUT2D eigenvalue weighted by atomic mass is 10.1. The van der Waals surface area contributed by atoms with Crippen molar-refractivity contribution in [2.24, 2.45) is 0 Å². The summed E-state index contributed by atoms with van der Waals surface area (Å²) < 4.78 is 14.9. The van der Waals surface area contributed by atoms with Crippen LogP contribution >= 0.6 is 0 Å². The van der Waals surface area contributed by atoms with Crippen molar-refractivity contribution in [2.45, 2.75) is 39.2 Å². The zero-order valence-electron chi connectivity index (χ0n) is 14.2. The standard InChI is InChI=1S/C18H20FN3O3/c1-11(2)21(10-16(23)24)18(25)17-14-4-3-5-15(14)22(20-17)13-8-6-12(19)7-9-13/h6-9,11H,3-5,10H2,1-2H3,(H,23,24). The number of aliphatic carboxylic acids is 1. The maximum atomic E-state index is 13.2. The minimum absolute atomic E-state index is 0.253.